The van der Waals surface area contributed by atoms with Crippen LogP contribution in [0.3, 0.4) is 0 Å². The summed E-state index contributed by atoms with van der Waals surface area (Å²) in [5.74, 6) is 0. The standard InChI is InChI=1S/C12H15N3O2S3/c1-9(18-10-5-3-2-4-6-10)7-14-12-15-8-11(19-12)20(13,16)17/h2-6,8-9H,7H2,1H3,(H,14,15)(H2,13,16,17). The number of primary sulfonamides is 1. The predicted octanol–water partition coefficient (Wildman–Crippen LogP) is 2.38. The van der Waals surface area contributed by atoms with Gasteiger partial charge in [0.05, 0.1) is 6.20 Å². The molecule has 5 nitrogen and oxygen atoms in total. The van der Waals surface area contributed by atoms with E-state index in [4.69, 9.17) is 5.14 Å². The van der Waals surface area contributed by atoms with E-state index in [2.05, 4.69) is 29.4 Å². The fraction of sp³-hybridized carbons (Fsp3) is 0.250. The molecule has 1 aromatic heterocycles. The third kappa shape index (κ3) is 4.48. The van der Waals surface area contributed by atoms with Crippen LogP contribution in [0, 0.1) is 0 Å². The Morgan fingerprint density at radius 2 is 2.10 bits per heavy atom. The monoisotopic (exact) mass is 329 g/mol. The molecule has 0 fully saturated rings. The summed E-state index contributed by atoms with van der Waals surface area (Å²) in [6.07, 6.45) is 1.28. The van der Waals surface area contributed by atoms with E-state index in [1.807, 2.05) is 18.2 Å². The molecule has 0 aliphatic carbocycles. The van der Waals surface area contributed by atoms with E-state index in [-0.39, 0.29) is 4.21 Å². The topological polar surface area (TPSA) is 85.1 Å². The Hall–Kier alpha value is -1.09. The van der Waals surface area contributed by atoms with Crippen LogP contribution in [0.25, 0.3) is 0 Å². The van der Waals surface area contributed by atoms with Gasteiger partial charge in [0.15, 0.2) is 9.34 Å². The third-order valence-electron chi connectivity index (χ3n) is 2.39. The van der Waals surface area contributed by atoms with Crippen molar-refractivity contribution >= 4 is 38.3 Å². The summed E-state index contributed by atoms with van der Waals surface area (Å²) in [4.78, 5) is 5.20. The molecule has 3 N–H and O–H groups in total. The zero-order valence-electron chi connectivity index (χ0n) is 10.8. The Balaban J connectivity index is 1.87. The van der Waals surface area contributed by atoms with Gasteiger partial charge in [0, 0.05) is 16.7 Å². The molecule has 1 unspecified atom stereocenters. The maximum absolute atomic E-state index is 11.1. The lowest BCUT2D eigenvalue weighted by Crippen LogP contribution is -2.12. The molecule has 108 valence electrons. The van der Waals surface area contributed by atoms with Crippen LogP contribution in [-0.4, -0.2) is 25.2 Å². The number of nitrogens with two attached hydrogens (primary N) is 1. The van der Waals surface area contributed by atoms with Crippen LogP contribution in [0.5, 0.6) is 0 Å². The van der Waals surface area contributed by atoms with Gasteiger partial charge in [-0.1, -0.05) is 36.5 Å². The van der Waals surface area contributed by atoms with Gasteiger partial charge in [-0.2, -0.15) is 0 Å². The normalized spacial score (nSPS) is 13.1. The van der Waals surface area contributed by atoms with Gasteiger partial charge in [-0.3, -0.25) is 0 Å². The number of nitrogens with one attached hydrogen (secondary N) is 1. The van der Waals surface area contributed by atoms with Gasteiger partial charge in [-0.05, 0) is 12.1 Å². The number of hydrogen-bond donors (Lipinski definition) is 2. The highest BCUT2D eigenvalue weighted by molar-refractivity contribution is 8.00. The van der Waals surface area contributed by atoms with Gasteiger partial charge in [-0.25, -0.2) is 18.5 Å². The Kier molecular flexibility index (Phi) is 5.03. The van der Waals surface area contributed by atoms with Crippen molar-refractivity contribution in [1.82, 2.24) is 4.98 Å². The van der Waals surface area contributed by atoms with E-state index in [9.17, 15) is 8.42 Å². The van der Waals surface area contributed by atoms with Crippen molar-refractivity contribution in [2.45, 2.75) is 21.3 Å². The first kappa shape index (κ1) is 15.3. The number of thioether (sulfide) groups is 1. The molecule has 0 radical (unpaired) electrons. The molecule has 0 aliphatic heterocycles. The Morgan fingerprint density at radius 1 is 1.40 bits per heavy atom. The maximum atomic E-state index is 11.1. The molecule has 0 bridgehead atoms. The number of hydrogen-bond acceptors (Lipinski definition) is 6. The van der Waals surface area contributed by atoms with Gasteiger partial charge in [0.1, 0.15) is 0 Å². The smallest absolute Gasteiger partial charge is 0.249 e. The third-order valence-corrected chi connectivity index (χ3v) is 5.86. The van der Waals surface area contributed by atoms with Gasteiger partial charge >= 0.3 is 0 Å². The fourth-order valence-electron chi connectivity index (χ4n) is 1.48. The van der Waals surface area contributed by atoms with E-state index in [0.717, 1.165) is 11.3 Å². The average molecular weight is 329 g/mol. The van der Waals surface area contributed by atoms with Crippen molar-refractivity contribution < 1.29 is 8.42 Å². The van der Waals surface area contributed by atoms with Crippen molar-refractivity contribution in [2.24, 2.45) is 5.14 Å². The highest BCUT2D eigenvalue weighted by atomic mass is 32.2. The summed E-state index contributed by atoms with van der Waals surface area (Å²) in [6, 6.07) is 10.1. The lowest BCUT2D eigenvalue weighted by atomic mass is 10.4. The van der Waals surface area contributed by atoms with Crippen LogP contribution < -0.4 is 10.5 Å². The summed E-state index contributed by atoms with van der Waals surface area (Å²) in [5, 5.41) is 9.06. The first-order valence-electron chi connectivity index (χ1n) is 5.89. The maximum Gasteiger partial charge on any atom is 0.249 e. The molecule has 20 heavy (non-hydrogen) atoms. The van der Waals surface area contributed by atoms with Crippen LogP contribution in [0.15, 0.2) is 45.6 Å². The highest BCUT2D eigenvalue weighted by Gasteiger charge is 2.13. The van der Waals surface area contributed by atoms with Crippen LogP contribution in [0.4, 0.5) is 5.13 Å². The van der Waals surface area contributed by atoms with Crippen LogP contribution in [0.2, 0.25) is 0 Å². The molecule has 0 spiro atoms. The Bertz CT molecular complexity index is 656. The first-order chi connectivity index (χ1) is 9.45. The lowest BCUT2D eigenvalue weighted by Gasteiger charge is -2.11. The SMILES string of the molecule is CC(CNc1ncc(S(N)(=O)=O)s1)Sc1ccccc1. The minimum Gasteiger partial charge on any atom is -0.360 e. The number of benzene rings is 1. The summed E-state index contributed by atoms with van der Waals surface area (Å²) >= 11 is 2.79. The number of rotatable bonds is 6. The number of thiazole rings is 1. The minimum absolute atomic E-state index is 0.0726. The second-order valence-electron chi connectivity index (χ2n) is 4.15. The van der Waals surface area contributed by atoms with Crippen LogP contribution in [0.1, 0.15) is 6.92 Å². The van der Waals surface area contributed by atoms with Crippen molar-refractivity contribution in [3.63, 3.8) is 0 Å². The average Bonchev–Trinajstić information content (AvgIpc) is 2.86. The van der Waals surface area contributed by atoms with E-state index < -0.39 is 10.0 Å². The van der Waals surface area contributed by atoms with E-state index >= 15 is 0 Å². The molecular formula is C12H15N3O2S3. The minimum atomic E-state index is -3.66. The second-order valence-corrected chi connectivity index (χ2v) is 8.48. The van der Waals surface area contributed by atoms with Crippen LogP contribution >= 0.6 is 23.1 Å². The Labute approximate surface area is 126 Å². The number of anilines is 1. The molecule has 0 saturated heterocycles. The summed E-state index contributed by atoms with van der Waals surface area (Å²) in [7, 11) is -3.66. The Morgan fingerprint density at radius 3 is 2.70 bits per heavy atom. The summed E-state index contributed by atoms with van der Waals surface area (Å²) < 4.78 is 22.4. The summed E-state index contributed by atoms with van der Waals surface area (Å²) in [6.45, 7) is 2.79. The van der Waals surface area contributed by atoms with Gasteiger partial charge in [-0.15, -0.1) is 11.8 Å². The van der Waals surface area contributed by atoms with E-state index in [0.29, 0.717) is 16.9 Å². The number of sulfonamides is 1. The quantitative estimate of drug-likeness (QED) is 0.795. The predicted molar refractivity (Wildman–Crippen MR) is 83.7 cm³/mol. The van der Waals surface area contributed by atoms with Crippen molar-refractivity contribution in [2.75, 3.05) is 11.9 Å². The number of nitrogens with zero attached hydrogens (tertiary/aromatic N) is 1. The fourth-order valence-corrected chi connectivity index (χ4v) is 3.88. The lowest BCUT2D eigenvalue weighted by molar-refractivity contribution is 0.599. The van der Waals surface area contributed by atoms with Crippen molar-refractivity contribution in [1.29, 1.82) is 0 Å². The molecule has 2 aromatic rings. The van der Waals surface area contributed by atoms with Gasteiger partial charge < -0.3 is 5.32 Å². The molecular weight excluding hydrogens is 314 g/mol. The summed E-state index contributed by atoms with van der Waals surface area (Å²) in [5.41, 5.74) is 0. The zero-order chi connectivity index (χ0) is 14.6. The van der Waals surface area contributed by atoms with E-state index in [1.54, 1.807) is 11.8 Å². The van der Waals surface area contributed by atoms with Crippen LogP contribution in [-0.2, 0) is 10.0 Å². The molecule has 8 heteroatoms. The molecule has 1 heterocycles. The van der Waals surface area contributed by atoms with Gasteiger partial charge in [0.2, 0.25) is 10.0 Å². The first-order valence-corrected chi connectivity index (χ1v) is 9.13. The van der Waals surface area contributed by atoms with Crippen molar-refractivity contribution in [3.05, 3.63) is 36.5 Å². The van der Waals surface area contributed by atoms with E-state index in [1.165, 1.54) is 11.1 Å². The second kappa shape index (κ2) is 6.57. The van der Waals surface area contributed by atoms with Gasteiger partial charge in [0.25, 0.3) is 0 Å². The highest BCUT2D eigenvalue weighted by Crippen LogP contribution is 2.25. The molecule has 0 aliphatic rings. The molecule has 2 rings (SSSR count). The molecule has 1 aromatic carbocycles. The molecule has 0 saturated carbocycles. The molecule has 1 atom stereocenters. The largest absolute Gasteiger partial charge is 0.360 e. The zero-order valence-corrected chi connectivity index (χ0v) is 13.3. The number of aromatic nitrogens is 1. The molecule has 0 amide bonds. The van der Waals surface area contributed by atoms with Crippen molar-refractivity contribution in [3.8, 4) is 0 Å².